The Morgan fingerprint density at radius 1 is 1.47 bits per heavy atom. The van der Waals surface area contributed by atoms with Crippen LogP contribution in [0.1, 0.15) is 37.3 Å². The number of halogens is 1. The van der Waals surface area contributed by atoms with Gasteiger partial charge in [-0.3, -0.25) is 9.69 Å². The maximum atomic E-state index is 11.6. The third-order valence-electron chi connectivity index (χ3n) is 4.17. The first-order valence-corrected chi connectivity index (χ1v) is 7.05. The van der Waals surface area contributed by atoms with Gasteiger partial charge in [0.25, 0.3) is 0 Å². The third-order valence-corrected chi connectivity index (χ3v) is 4.40. The van der Waals surface area contributed by atoms with Crippen molar-refractivity contribution < 1.29 is 9.90 Å². The lowest BCUT2D eigenvalue weighted by Gasteiger charge is -2.41. The monoisotopic (exact) mass is 281 g/mol. The second-order valence-electron chi connectivity index (χ2n) is 5.53. The van der Waals surface area contributed by atoms with Crippen LogP contribution in [-0.4, -0.2) is 28.1 Å². The van der Waals surface area contributed by atoms with E-state index in [4.69, 9.17) is 11.6 Å². The molecule has 0 radical (unpaired) electrons. The van der Waals surface area contributed by atoms with E-state index in [1.807, 2.05) is 32.0 Å². The molecule has 1 atom stereocenters. The first-order chi connectivity index (χ1) is 8.93. The number of hydrogen-bond acceptors (Lipinski definition) is 2. The number of benzene rings is 1. The van der Waals surface area contributed by atoms with Gasteiger partial charge in [-0.15, -0.1) is 0 Å². The SMILES string of the molecule is Cc1cc(Cl)ccc1CN1CCCCC1(C)C(=O)O. The molecule has 0 aliphatic carbocycles. The average molecular weight is 282 g/mol. The van der Waals surface area contributed by atoms with Gasteiger partial charge >= 0.3 is 5.97 Å². The molecule has 104 valence electrons. The first kappa shape index (κ1) is 14.4. The van der Waals surface area contributed by atoms with Crippen LogP contribution in [0.5, 0.6) is 0 Å². The second-order valence-corrected chi connectivity index (χ2v) is 5.96. The van der Waals surface area contributed by atoms with Crippen molar-refractivity contribution in [3.63, 3.8) is 0 Å². The summed E-state index contributed by atoms with van der Waals surface area (Å²) in [6, 6.07) is 5.79. The molecule has 0 aromatic heterocycles. The lowest BCUT2D eigenvalue weighted by molar-refractivity contribution is -0.153. The standard InChI is InChI=1S/C15H20ClNO2/c1-11-9-13(16)6-5-12(11)10-17-8-4-3-7-15(17,2)14(18)19/h5-6,9H,3-4,7-8,10H2,1-2H3,(H,18,19). The Morgan fingerprint density at radius 3 is 2.84 bits per heavy atom. The minimum Gasteiger partial charge on any atom is -0.480 e. The van der Waals surface area contributed by atoms with Crippen molar-refractivity contribution >= 4 is 17.6 Å². The van der Waals surface area contributed by atoms with Crippen molar-refractivity contribution in [3.05, 3.63) is 34.3 Å². The quantitative estimate of drug-likeness (QED) is 0.922. The van der Waals surface area contributed by atoms with E-state index < -0.39 is 11.5 Å². The largest absolute Gasteiger partial charge is 0.480 e. The van der Waals surface area contributed by atoms with Crippen LogP contribution in [0.15, 0.2) is 18.2 Å². The molecule has 1 heterocycles. The van der Waals surface area contributed by atoms with Crippen LogP contribution in [0.25, 0.3) is 0 Å². The molecule has 1 saturated heterocycles. The summed E-state index contributed by atoms with van der Waals surface area (Å²) in [6.45, 7) is 5.36. The van der Waals surface area contributed by atoms with E-state index in [2.05, 4.69) is 4.90 Å². The molecule has 0 amide bonds. The molecule has 1 fully saturated rings. The summed E-state index contributed by atoms with van der Waals surface area (Å²) in [6.07, 6.45) is 2.77. The van der Waals surface area contributed by atoms with Gasteiger partial charge in [-0.25, -0.2) is 0 Å². The zero-order valence-corrected chi connectivity index (χ0v) is 12.2. The Kier molecular flexibility index (Phi) is 4.16. The lowest BCUT2D eigenvalue weighted by Crippen LogP contribution is -2.54. The number of hydrogen-bond donors (Lipinski definition) is 1. The maximum absolute atomic E-state index is 11.6. The molecule has 1 aromatic rings. The summed E-state index contributed by atoms with van der Waals surface area (Å²) >= 11 is 5.96. The number of carbonyl (C=O) groups is 1. The summed E-state index contributed by atoms with van der Waals surface area (Å²) in [5.41, 5.74) is 1.52. The van der Waals surface area contributed by atoms with Gasteiger partial charge in [-0.2, -0.15) is 0 Å². The number of aliphatic carboxylic acids is 1. The molecule has 3 nitrogen and oxygen atoms in total. The topological polar surface area (TPSA) is 40.5 Å². The highest BCUT2D eigenvalue weighted by Gasteiger charge is 2.41. The second kappa shape index (κ2) is 5.51. The summed E-state index contributed by atoms with van der Waals surface area (Å²) in [5.74, 6) is -0.723. The lowest BCUT2D eigenvalue weighted by atomic mass is 9.88. The fourth-order valence-electron chi connectivity index (χ4n) is 2.71. The highest BCUT2D eigenvalue weighted by molar-refractivity contribution is 6.30. The number of nitrogens with zero attached hydrogens (tertiary/aromatic N) is 1. The molecule has 0 bridgehead atoms. The van der Waals surface area contributed by atoms with E-state index in [1.54, 1.807) is 0 Å². The van der Waals surface area contributed by atoms with Crippen molar-refractivity contribution in [2.45, 2.75) is 45.2 Å². The minimum atomic E-state index is -0.746. The van der Waals surface area contributed by atoms with Crippen LogP contribution >= 0.6 is 11.6 Å². The number of carboxylic acid groups (broad SMARTS) is 1. The zero-order chi connectivity index (χ0) is 14.0. The molecular formula is C15H20ClNO2. The van der Waals surface area contributed by atoms with Crippen molar-refractivity contribution in [1.82, 2.24) is 4.90 Å². The molecular weight excluding hydrogens is 262 g/mol. The minimum absolute atomic E-state index is 0.672. The van der Waals surface area contributed by atoms with Gasteiger partial charge in [0.15, 0.2) is 0 Å². The van der Waals surface area contributed by atoms with Crippen LogP contribution in [0.2, 0.25) is 5.02 Å². The number of carboxylic acids is 1. The number of rotatable bonds is 3. The predicted octanol–water partition coefficient (Wildman–Crippen LogP) is 3.48. The highest BCUT2D eigenvalue weighted by Crippen LogP contribution is 2.30. The Hall–Kier alpha value is -1.06. The van der Waals surface area contributed by atoms with Crippen molar-refractivity contribution in [1.29, 1.82) is 0 Å². The summed E-state index contributed by atoms with van der Waals surface area (Å²) in [7, 11) is 0. The summed E-state index contributed by atoms with van der Waals surface area (Å²) in [4.78, 5) is 13.6. The van der Waals surface area contributed by atoms with E-state index in [-0.39, 0.29) is 0 Å². The molecule has 4 heteroatoms. The number of piperidine rings is 1. The third kappa shape index (κ3) is 2.93. The first-order valence-electron chi connectivity index (χ1n) is 6.67. The Morgan fingerprint density at radius 2 is 2.21 bits per heavy atom. The van der Waals surface area contributed by atoms with Gasteiger partial charge in [0.1, 0.15) is 5.54 Å². The van der Waals surface area contributed by atoms with Crippen molar-refractivity contribution in [2.75, 3.05) is 6.54 Å². The van der Waals surface area contributed by atoms with E-state index in [0.717, 1.165) is 42.0 Å². The fraction of sp³-hybridized carbons (Fsp3) is 0.533. The smallest absolute Gasteiger partial charge is 0.323 e. The van der Waals surface area contributed by atoms with Gasteiger partial charge < -0.3 is 5.11 Å². The maximum Gasteiger partial charge on any atom is 0.323 e. The molecule has 1 aliphatic rings. The van der Waals surface area contributed by atoms with Gasteiger partial charge in [0.05, 0.1) is 0 Å². The van der Waals surface area contributed by atoms with E-state index in [1.165, 1.54) is 0 Å². The average Bonchev–Trinajstić information content (AvgIpc) is 2.35. The van der Waals surface area contributed by atoms with Crippen LogP contribution in [0.4, 0.5) is 0 Å². The van der Waals surface area contributed by atoms with Gasteiger partial charge in [-0.05, 0) is 62.9 Å². The highest BCUT2D eigenvalue weighted by atomic mass is 35.5. The molecule has 0 spiro atoms. The predicted molar refractivity (Wildman–Crippen MR) is 76.5 cm³/mol. The number of aryl methyl sites for hydroxylation is 1. The van der Waals surface area contributed by atoms with Gasteiger partial charge in [0, 0.05) is 11.6 Å². The molecule has 1 aliphatic heterocycles. The molecule has 0 saturated carbocycles. The molecule has 2 rings (SSSR count). The van der Waals surface area contributed by atoms with E-state index in [0.29, 0.717) is 6.54 Å². The molecule has 1 N–H and O–H groups in total. The Balaban J connectivity index is 2.22. The van der Waals surface area contributed by atoms with Crippen LogP contribution in [0, 0.1) is 6.92 Å². The van der Waals surface area contributed by atoms with Gasteiger partial charge in [-0.1, -0.05) is 17.7 Å². The fourth-order valence-corrected chi connectivity index (χ4v) is 2.94. The Labute approximate surface area is 119 Å². The van der Waals surface area contributed by atoms with Crippen molar-refractivity contribution in [3.8, 4) is 0 Å². The van der Waals surface area contributed by atoms with E-state index >= 15 is 0 Å². The van der Waals surface area contributed by atoms with Crippen LogP contribution in [0.3, 0.4) is 0 Å². The zero-order valence-electron chi connectivity index (χ0n) is 11.4. The van der Waals surface area contributed by atoms with Crippen molar-refractivity contribution in [2.24, 2.45) is 0 Å². The molecule has 1 unspecified atom stereocenters. The number of likely N-dealkylation sites (tertiary alicyclic amines) is 1. The summed E-state index contributed by atoms with van der Waals surface area (Å²) in [5, 5.41) is 10.2. The van der Waals surface area contributed by atoms with Crippen LogP contribution in [-0.2, 0) is 11.3 Å². The van der Waals surface area contributed by atoms with Crippen LogP contribution < -0.4 is 0 Å². The summed E-state index contributed by atoms with van der Waals surface area (Å²) < 4.78 is 0. The van der Waals surface area contributed by atoms with Gasteiger partial charge in [0.2, 0.25) is 0 Å². The molecule has 19 heavy (non-hydrogen) atoms. The van der Waals surface area contributed by atoms with E-state index in [9.17, 15) is 9.90 Å². The normalized spacial score (nSPS) is 24.4. The Bertz CT molecular complexity index is 489. The molecule has 1 aromatic carbocycles.